The average Bonchev–Trinajstić information content (AvgIpc) is 3.38. The van der Waals surface area contributed by atoms with Crippen LogP contribution < -0.4 is 10.2 Å². The molecule has 4 heterocycles. The Balaban J connectivity index is 1.32. The van der Waals surface area contributed by atoms with Gasteiger partial charge in [0, 0.05) is 37.8 Å². The van der Waals surface area contributed by atoms with Gasteiger partial charge < -0.3 is 20.1 Å². The van der Waals surface area contributed by atoms with Crippen molar-refractivity contribution in [3.05, 3.63) is 35.2 Å². The molecule has 0 spiro atoms. The fraction of sp³-hybridized carbons (Fsp3) is 0.500. The number of aromatic nitrogens is 4. The summed E-state index contributed by atoms with van der Waals surface area (Å²) in [5, 5.41) is 18.2. The summed E-state index contributed by atoms with van der Waals surface area (Å²) < 4.78 is 44.5. The maximum Gasteiger partial charge on any atom is 0.408 e. The number of nitrogens with one attached hydrogen (secondary N) is 1. The number of aliphatic hydroxyl groups excluding tert-OH is 1. The average molecular weight is 512 g/mol. The first kappa shape index (κ1) is 24.0. The first-order valence-corrected chi connectivity index (χ1v) is 11.6. The van der Waals surface area contributed by atoms with Gasteiger partial charge in [0.15, 0.2) is 0 Å². The minimum absolute atomic E-state index is 0.0227. The van der Waals surface area contributed by atoms with Crippen molar-refractivity contribution < 1.29 is 23.0 Å². The number of halogens is 4. The lowest BCUT2D eigenvalue weighted by Crippen LogP contribution is -2.53. The smallest absolute Gasteiger partial charge is 0.389 e. The van der Waals surface area contributed by atoms with Gasteiger partial charge in [-0.25, -0.2) is 9.97 Å². The predicted molar refractivity (Wildman–Crippen MR) is 125 cm³/mol. The summed E-state index contributed by atoms with van der Waals surface area (Å²) in [7, 11) is 0. The maximum absolute atomic E-state index is 12.7. The van der Waals surface area contributed by atoms with Gasteiger partial charge in [0.1, 0.15) is 6.54 Å². The normalized spacial score (nSPS) is 21.7. The zero-order valence-corrected chi connectivity index (χ0v) is 19.7. The molecule has 0 bridgehead atoms. The van der Waals surface area contributed by atoms with Gasteiger partial charge in [-0.3, -0.25) is 9.58 Å². The van der Waals surface area contributed by atoms with Crippen LogP contribution in [0.3, 0.4) is 0 Å². The van der Waals surface area contributed by atoms with Gasteiger partial charge in [0.2, 0.25) is 5.95 Å². The van der Waals surface area contributed by atoms with Crippen LogP contribution in [0.1, 0.15) is 5.69 Å². The van der Waals surface area contributed by atoms with Crippen LogP contribution in [0.4, 0.5) is 30.5 Å². The summed E-state index contributed by atoms with van der Waals surface area (Å²) in [4.78, 5) is 13.3. The van der Waals surface area contributed by atoms with E-state index in [-0.39, 0.29) is 12.0 Å². The number of hydrogen-bond donors (Lipinski definition) is 2. The number of alkyl halides is 3. The largest absolute Gasteiger partial charge is 0.408 e. The Morgan fingerprint density at radius 3 is 2.63 bits per heavy atom. The van der Waals surface area contributed by atoms with Crippen molar-refractivity contribution in [3.8, 4) is 0 Å². The topological polar surface area (TPSA) is 91.6 Å². The van der Waals surface area contributed by atoms with Crippen LogP contribution in [0, 0.1) is 6.92 Å². The Morgan fingerprint density at radius 2 is 1.94 bits per heavy atom. The molecule has 5 rings (SSSR count). The highest BCUT2D eigenvalue weighted by molar-refractivity contribution is 6.34. The third-order valence-electron chi connectivity index (χ3n) is 6.47. The van der Waals surface area contributed by atoms with Gasteiger partial charge in [-0.05, 0) is 19.1 Å². The van der Waals surface area contributed by atoms with E-state index in [9.17, 15) is 18.3 Å². The number of fused-ring (bicyclic) bond motifs is 1. The monoisotopic (exact) mass is 511 g/mol. The number of benzene rings is 1. The fourth-order valence-corrected chi connectivity index (χ4v) is 4.83. The molecule has 188 valence electrons. The standard InChI is InChI=1S/C22H25ClF3N7O2/c1-13-17(9-28-33(13)12-22(24,25)26)30-21-27-8-14-6-15(23)18(7-16(14)29-21)31-2-4-32(5-3-31)19-10-35-11-20(19)34/h6-9,19-20,34H,2-5,10-12H2,1H3,(H,27,29,30)/t19-,20+/m0/s1. The lowest BCUT2D eigenvalue weighted by Gasteiger charge is -2.39. The summed E-state index contributed by atoms with van der Waals surface area (Å²) in [6, 6.07) is 3.73. The number of piperazine rings is 1. The minimum atomic E-state index is -4.36. The van der Waals surface area contributed by atoms with Crippen molar-refractivity contribution in [2.24, 2.45) is 0 Å². The second-order valence-corrected chi connectivity index (χ2v) is 9.20. The second kappa shape index (κ2) is 9.41. The number of nitrogens with zero attached hydrogens (tertiary/aromatic N) is 6. The zero-order chi connectivity index (χ0) is 24.7. The van der Waals surface area contributed by atoms with Crippen molar-refractivity contribution in [2.75, 3.05) is 49.6 Å². The molecule has 2 atom stereocenters. The Hall–Kier alpha value is -2.67. The molecular weight excluding hydrogens is 487 g/mol. The maximum atomic E-state index is 12.7. The van der Waals surface area contributed by atoms with E-state index in [0.717, 1.165) is 41.9 Å². The molecule has 2 aromatic heterocycles. The molecule has 0 unspecified atom stereocenters. The number of hydrogen-bond acceptors (Lipinski definition) is 8. The second-order valence-electron chi connectivity index (χ2n) is 8.79. The summed E-state index contributed by atoms with van der Waals surface area (Å²) in [6.07, 6.45) is -1.87. The van der Waals surface area contributed by atoms with Crippen molar-refractivity contribution in [1.29, 1.82) is 0 Å². The molecule has 35 heavy (non-hydrogen) atoms. The van der Waals surface area contributed by atoms with Crippen LogP contribution in [0.5, 0.6) is 0 Å². The Morgan fingerprint density at radius 1 is 1.17 bits per heavy atom. The molecule has 0 amide bonds. The SMILES string of the molecule is Cc1c(Nc2ncc3cc(Cl)c(N4CCN([C@H]5COC[C@H]5O)CC4)cc3n2)cnn1CC(F)(F)F. The van der Waals surface area contributed by atoms with Gasteiger partial charge in [0.05, 0.1) is 59.2 Å². The van der Waals surface area contributed by atoms with E-state index in [0.29, 0.717) is 35.1 Å². The summed E-state index contributed by atoms with van der Waals surface area (Å²) in [6.45, 7) is 4.33. The van der Waals surface area contributed by atoms with E-state index < -0.39 is 18.8 Å². The molecule has 0 aliphatic carbocycles. The molecule has 0 saturated carbocycles. The highest BCUT2D eigenvalue weighted by Gasteiger charge is 2.34. The number of anilines is 3. The van der Waals surface area contributed by atoms with Gasteiger partial charge in [0.25, 0.3) is 0 Å². The van der Waals surface area contributed by atoms with Crippen LogP contribution in [-0.2, 0) is 11.3 Å². The Bertz CT molecular complexity index is 1210. The van der Waals surface area contributed by atoms with Crippen molar-refractivity contribution >= 4 is 39.8 Å². The van der Waals surface area contributed by atoms with Gasteiger partial charge in [-0.1, -0.05) is 11.6 Å². The lowest BCUT2D eigenvalue weighted by molar-refractivity contribution is -0.142. The molecule has 2 aliphatic heterocycles. The Kier molecular flexibility index (Phi) is 6.47. The molecule has 9 nitrogen and oxygen atoms in total. The molecule has 1 aromatic carbocycles. The van der Waals surface area contributed by atoms with Gasteiger partial charge in [-0.2, -0.15) is 18.3 Å². The molecular formula is C22H25ClF3N7O2. The van der Waals surface area contributed by atoms with E-state index in [1.54, 1.807) is 13.1 Å². The van der Waals surface area contributed by atoms with E-state index in [1.165, 1.54) is 6.20 Å². The van der Waals surface area contributed by atoms with Crippen molar-refractivity contribution in [1.82, 2.24) is 24.6 Å². The fourth-order valence-electron chi connectivity index (χ4n) is 4.54. The molecule has 13 heteroatoms. The molecule has 2 fully saturated rings. The molecule has 2 N–H and O–H groups in total. The van der Waals surface area contributed by atoms with Crippen LogP contribution in [-0.4, -0.2) is 87.5 Å². The molecule has 2 aliphatic rings. The van der Waals surface area contributed by atoms with E-state index in [4.69, 9.17) is 16.3 Å². The minimum Gasteiger partial charge on any atom is -0.389 e. The first-order chi connectivity index (χ1) is 16.7. The highest BCUT2D eigenvalue weighted by atomic mass is 35.5. The molecule has 3 aromatic rings. The van der Waals surface area contributed by atoms with Crippen molar-refractivity contribution in [3.63, 3.8) is 0 Å². The third-order valence-corrected chi connectivity index (χ3v) is 6.78. The van der Waals surface area contributed by atoms with Gasteiger partial charge >= 0.3 is 6.18 Å². The zero-order valence-electron chi connectivity index (χ0n) is 19.0. The number of rotatable bonds is 5. The number of aliphatic hydroxyl groups is 1. The van der Waals surface area contributed by atoms with Crippen LogP contribution in [0.2, 0.25) is 5.02 Å². The van der Waals surface area contributed by atoms with Crippen molar-refractivity contribution in [2.45, 2.75) is 31.8 Å². The molecule has 2 saturated heterocycles. The predicted octanol–water partition coefficient (Wildman–Crippen LogP) is 2.98. The van der Waals surface area contributed by atoms with E-state index in [1.807, 2.05) is 12.1 Å². The Labute approximate surface area is 204 Å². The molecule has 0 radical (unpaired) electrons. The quantitative estimate of drug-likeness (QED) is 0.540. The highest BCUT2D eigenvalue weighted by Crippen LogP contribution is 2.32. The summed E-state index contributed by atoms with van der Waals surface area (Å²) in [5.41, 5.74) is 2.24. The van der Waals surface area contributed by atoms with Crippen LogP contribution >= 0.6 is 11.6 Å². The van der Waals surface area contributed by atoms with Crippen LogP contribution in [0.25, 0.3) is 10.9 Å². The summed E-state index contributed by atoms with van der Waals surface area (Å²) in [5.74, 6) is 0.250. The van der Waals surface area contributed by atoms with Crippen LogP contribution in [0.15, 0.2) is 24.5 Å². The van der Waals surface area contributed by atoms with Gasteiger partial charge in [-0.15, -0.1) is 0 Å². The first-order valence-electron chi connectivity index (χ1n) is 11.3. The number of ether oxygens (including phenoxy) is 1. The third kappa shape index (κ3) is 5.15. The summed E-state index contributed by atoms with van der Waals surface area (Å²) >= 11 is 6.58. The lowest BCUT2D eigenvalue weighted by atomic mass is 10.1. The van der Waals surface area contributed by atoms with E-state index in [2.05, 4.69) is 30.2 Å². The van der Waals surface area contributed by atoms with E-state index >= 15 is 0 Å².